The molecule has 2 aromatic carbocycles. The zero-order valence-corrected chi connectivity index (χ0v) is 8.14. The highest BCUT2D eigenvalue weighted by Gasteiger charge is 2.05. The molecule has 0 atom stereocenters. The lowest BCUT2D eigenvalue weighted by Crippen LogP contribution is -1.93. The average Bonchev–Trinajstić information content (AvgIpc) is 2.54. The maximum absolute atomic E-state index is 4.15. The Bertz CT molecular complexity index is 568. The van der Waals surface area contributed by atoms with Crippen molar-refractivity contribution in [3.05, 3.63) is 54.4 Å². The van der Waals surface area contributed by atoms with Gasteiger partial charge in [0.25, 0.3) is 0 Å². The zero-order valence-electron chi connectivity index (χ0n) is 8.14. The van der Waals surface area contributed by atoms with E-state index in [4.69, 9.17) is 0 Å². The topological polar surface area (TPSA) is 24.4 Å². The van der Waals surface area contributed by atoms with Crippen molar-refractivity contribution in [2.45, 2.75) is 0 Å². The van der Waals surface area contributed by atoms with Gasteiger partial charge in [0, 0.05) is 29.6 Å². The van der Waals surface area contributed by atoms with Gasteiger partial charge in [-0.25, -0.2) is 0 Å². The largest absolute Gasteiger partial charge is 0.359 e. The summed E-state index contributed by atoms with van der Waals surface area (Å²) in [5, 5.41) is 5.74. The van der Waals surface area contributed by atoms with Gasteiger partial charge in [-0.15, -0.1) is 0 Å². The van der Waals surface area contributed by atoms with Crippen molar-refractivity contribution >= 4 is 22.7 Å². The van der Waals surface area contributed by atoms with E-state index in [-0.39, 0.29) is 0 Å². The van der Waals surface area contributed by atoms with Crippen molar-refractivity contribution in [1.29, 1.82) is 0 Å². The van der Waals surface area contributed by atoms with Crippen LogP contribution in [0.4, 0.5) is 5.69 Å². The fourth-order valence-electron chi connectivity index (χ4n) is 1.84. The van der Waals surface area contributed by atoms with E-state index in [0.29, 0.717) is 0 Å². The molecule has 0 spiro atoms. The van der Waals surface area contributed by atoms with Crippen LogP contribution in [0.3, 0.4) is 0 Å². The van der Waals surface area contributed by atoms with Crippen LogP contribution < -0.4 is 5.32 Å². The molecule has 0 unspecified atom stereocenters. The zero-order chi connectivity index (χ0) is 10.1. The molecule has 0 radical (unpaired) electrons. The second-order valence-corrected chi connectivity index (χ2v) is 3.49. The third-order valence-corrected chi connectivity index (χ3v) is 2.56. The number of nitrogens with zero attached hydrogens (tertiary/aromatic N) is 1. The Balaban J connectivity index is 2.38. The van der Waals surface area contributed by atoms with Gasteiger partial charge < -0.3 is 5.32 Å². The quantitative estimate of drug-likeness (QED) is 0.684. The van der Waals surface area contributed by atoms with Crippen molar-refractivity contribution in [2.24, 2.45) is 4.99 Å². The van der Waals surface area contributed by atoms with Gasteiger partial charge in [-0.1, -0.05) is 36.4 Å². The molecule has 0 aliphatic carbocycles. The third kappa shape index (κ3) is 1.31. The molecule has 1 aliphatic rings. The van der Waals surface area contributed by atoms with Gasteiger partial charge in [0.05, 0.1) is 5.69 Å². The van der Waals surface area contributed by atoms with Gasteiger partial charge in [0.15, 0.2) is 0 Å². The van der Waals surface area contributed by atoms with Crippen LogP contribution in [0.25, 0.3) is 10.8 Å². The van der Waals surface area contributed by atoms with Gasteiger partial charge in [-0.3, -0.25) is 4.99 Å². The number of hydrogen-bond donors (Lipinski definition) is 1. The Morgan fingerprint density at radius 3 is 2.93 bits per heavy atom. The molecule has 0 saturated heterocycles. The maximum Gasteiger partial charge on any atom is 0.0549 e. The van der Waals surface area contributed by atoms with Crippen LogP contribution in [0.1, 0.15) is 5.56 Å². The maximum atomic E-state index is 4.15. The summed E-state index contributed by atoms with van der Waals surface area (Å²) in [5.74, 6) is 0. The van der Waals surface area contributed by atoms with Crippen LogP contribution in [0, 0.1) is 0 Å². The predicted molar refractivity (Wildman–Crippen MR) is 64.3 cm³/mol. The van der Waals surface area contributed by atoms with E-state index in [1.54, 1.807) is 6.20 Å². The van der Waals surface area contributed by atoms with Gasteiger partial charge in [0.1, 0.15) is 0 Å². The monoisotopic (exact) mass is 194 g/mol. The van der Waals surface area contributed by atoms with Crippen molar-refractivity contribution in [2.75, 3.05) is 5.32 Å². The van der Waals surface area contributed by atoms with E-state index < -0.39 is 0 Å². The molecule has 72 valence electrons. The van der Waals surface area contributed by atoms with Crippen molar-refractivity contribution in [3.63, 3.8) is 0 Å². The number of hydrogen-bond acceptors (Lipinski definition) is 2. The third-order valence-electron chi connectivity index (χ3n) is 2.56. The summed E-state index contributed by atoms with van der Waals surface area (Å²) >= 11 is 0. The summed E-state index contributed by atoms with van der Waals surface area (Å²) in [5.41, 5.74) is 2.25. The summed E-state index contributed by atoms with van der Waals surface area (Å²) in [4.78, 5) is 4.15. The summed E-state index contributed by atoms with van der Waals surface area (Å²) < 4.78 is 0. The van der Waals surface area contributed by atoms with E-state index in [0.717, 1.165) is 11.3 Å². The van der Waals surface area contributed by atoms with Gasteiger partial charge in [0.2, 0.25) is 0 Å². The Morgan fingerprint density at radius 2 is 1.93 bits per heavy atom. The SMILES string of the molecule is C1=CNc2c(ccc3ccccc23)C=N1. The molecule has 0 saturated carbocycles. The van der Waals surface area contributed by atoms with Crippen LogP contribution in [-0.4, -0.2) is 6.21 Å². The van der Waals surface area contributed by atoms with Crippen molar-refractivity contribution < 1.29 is 0 Å². The molecule has 3 rings (SSSR count). The lowest BCUT2D eigenvalue weighted by Gasteiger charge is -2.08. The van der Waals surface area contributed by atoms with E-state index in [2.05, 4.69) is 46.7 Å². The van der Waals surface area contributed by atoms with E-state index in [1.165, 1.54) is 10.8 Å². The molecule has 1 N–H and O–H groups in total. The van der Waals surface area contributed by atoms with Crippen LogP contribution in [0.5, 0.6) is 0 Å². The molecule has 0 fully saturated rings. The molecule has 0 bridgehead atoms. The van der Waals surface area contributed by atoms with Crippen LogP contribution >= 0.6 is 0 Å². The number of aliphatic imine (C=N–C) groups is 1. The first-order chi connectivity index (χ1) is 7.45. The Labute approximate surface area is 88.0 Å². The Hall–Kier alpha value is -2.09. The minimum atomic E-state index is 1.12. The molecule has 0 aromatic heterocycles. The standard InChI is InChI=1S/C13H10N2/c1-2-4-12-10(3-1)5-6-11-9-14-7-8-15-13(11)12/h1-9,15H. The predicted octanol–water partition coefficient (Wildman–Crippen LogP) is 3.16. The normalized spacial score (nSPS) is 13.3. The number of benzene rings is 2. The van der Waals surface area contributed by atoms with Gasteiger partial charge >= 0.3 is 0 Å². The van der Waals surface area contributed by atoms with Crippen molar-refractivity contribution in [3.8, 4) is 0 Å². The van der Waals surface area contributed by atoms with E-state index in [1.807, 2.05) is 12.4 Å². The molecular formula is C13H10N2. The minimum Gasteiger partial charge on any atom is -0.359 e. The van der Waals surface area contributed by atoms with Gasteiger partial charge in [-0.2, -0.15) is 0 Å². The first-order valence-electron chi connectivity index (χ1n) is 4.92. The first-order valence-corrected chi connectivity index (χ1v) is 4.92. The molecule has 15 heavy (non-hydrogen) atoms. The molecule has 2 heteroatoms. The fraction of sp³-hybridized carbons (Fsp3) is 0. The number of rotatable bonds is 0. The lowest BCUT2D eigenvalue weighted by atomic mass is 10.0. The highest BCUT2D eigenvalue weighted by atomic mass is 14.9. The molecule has 1 heterocycles. The molecule has 2 aromatic rings. The Morgan fingerprint density at radius 1 is 1.00 bits per heavy atom. The van der Waals surface area contributed by atoms with Gasteiger partial charge in [-0.05, 0) is 5.39 Å². The lowest BCUT2D eigenvalue weighted by molar-refractivity contribution is 1.57. The van der Waals surface area contributed by atoms with Crippen LogP contribution in [-0.2, 0) is 0 Å². The van der Waals surface area contributed by atoms with E-state index in [9.17, 15) is 0 Å². The summed E-state index contributed by atoms with van der Waals surface area (Å²) in [6.45, 7) is 0. The molecule has 2 nitrogen and oxygen atoms in total. The highest BCUT2D eigenvalue weighted by Crippen LogP contribution is 2.27. The number of fused-ring (bicyclic) bond motifs is 3. The minimum absolute atomic E-state index is 1.12. The highest BCUT2D eigenvalue weighted by molar-refractivity contribution is 6.03. The average molecular weight is 194 g/mol. The summed E-state index contributed by atoms with van der Waals surface area (Å²) in [7, 11) is 0. The first kappa shape index (κ1) is 8.24. The number of nitrogens with one attached hydrogen (secondary N) is 1. The molecule has 0 amide bonds. The summed E-state index contributed by atoms with van der Waals surface area (Å²) in [6, 6.07) is 12.5. The second-order valence-electron chi connectivity index (χ2n) is 3.49. The second kappa shape index (κ2) is 3.24. The van der Waals surface area contributed by atoms with Crippen LogP contribution in [0.2, 0.25) is 0 Å². The molecular weight excluding hydrogens is 184 g/mol. The van der Waals surface area contributed by atoms with E-state index >= 15 is 0 Å². The van der Waals surface area contributed by atoms with Crippen molar-refractivity contribution in [1.82, 2.24) is 0 Å². The summed E-state index contributed by atoms with van der Waals surface area (Å²) in [6.07, 6.45) is 5.49. The Kier molecular flexibility index (Phi) is 1.78. The smallest absolute Gasteiger partial charge is 0.0549 e. The van der Waals surface area contributed by atoms with Crippen LogP contribution in [0.15, 0.2) is 53.8 Å². The molecule has 1 aliphatic heterocycles. The fourth-order valence-corrected chi connectivity index (χ4v) is 1.84. The number of anilines is 1.